The molecular formula is C34H30ClN3O8. The van der Waals surface area contributed by atoms with Gasteiger partial charge in [0.25, 0.3) is 11.8 Å². The summed E-state index contributed by atoms with van der Waals surface area (Å²) in [6.07, 6.45) is 4.30. The molecule has 4 rings (SSSR count). The maximum Gasteiger partial charge on any atom is 0.336 e. The molecule has 0 saturated carbocycles. The summed E-state index contributed by atoms with van der Waals surface area (Å²) < 4.78 is 26.7. The third-order valence-electron chi connectivity index (χ3n) is 6.37. The summed E-state index contributed by atoms with van der Waals surface area (Å²) in [5.41, 5.74) is 4.71. The van der Waals surface area contributed by atoms with Gasteiger partial charge in [0.1, 0.15) is 0 Å². The first-order chi connectivity index (χ1) is 22.2. The zero-order valence-corrected chi connectivity index (χ0v) is 26.1. The van der Waals surface area contributed by atoms with Crippen LogP contribution >= 0.6 is 11.6 Å². The zero-order valence-electron chi connectivity index (χ0n) is 25.3. The normalized spacial score (nSPS) is 10.8. The number of nitrogens with one attached hydrogen (secondary N) is 2. The number of hydrogen-bond donors (Lipinski definition) is 2. The van der Waals surface area contributed by atoms with Gasteiger partial charge in [0.2, 0.25) is 5.75 Å². The molecule has 11 nitrogen and oxygen atoms in total. The van der Waals surface area contributed by atoms with E-state index in [1.165, 1.54) is 58.9 Å². The number of rotatable bonds is 12. The number of benzene rings is 4. The smallest absolute Gasteiger partial charge is 0.336 e. The van der Waals surface area contributed by atoms with Gasteiger partial charge in [0.05, 0.1) is 34.7 Å². The van der Waals surface area contributed by atoms with Crippen molar-refractivity contribution in [2.75, 3.05) is 33.8 Å². The Labute approximate surface area is 270 Å². The lowest BCUT2D eigenvalue weighted by atomic mass is 10.1. The largest absolute Gasteiger partial charge is 0.493 e. The van der Waals surface area contributed by atoms with Crippen LogP contribution < -0.4 is 34.4 Å². The fraction of sp³-hybridized carbons (Fsp3) is 0.118. The summed E-state index contributed by atoms with van der Waals surface area (Å²) in [6.45, 7) is 0. The maximum atomic E-state index is 13.0. The van der Waals surface area contributed by atoms with Crippen molar-refractivity contribution >= 4 is 47.4 Å². The van der Waals surface area contributed by atoms with E-state index in [4.69, 9.17) is 35.3 Å². The minimum absolute atomic E-state index is 0.208. The molecule has 2 N–H and O–H groups in total. The number of nitrogens with zero attached hydrogens (tertiary/aromatic N) is 1. The molecule has 0 saturated heterocycles. The Morgan fingerprint density at radius 3 is 2.02 bits per heavy atom. The monoisotopic (exact) mass is 643 g/mol. The molecular weight excluding hydrogens is 614 g/mol. The summed E-state index contributed by atoms with van der Waals surface area (Å²) in [5.74, 6) is -0.0390. The molecule has 0 atom stereocenters. The third-order valence-corrected chi connectivity index (χ3v) is 6.62. The van der Waals surface area contributed by atoms with E-state index in [2.05, 4.69) is 15.8 Å². The van der Waals surface area contributed by atoms with E-state index in [1.807, 2.05) is 0 Å². The molecule has 0 bridgehead atoms. The van der Waals surface area contributed by atoms with E-state index in [0.717, 1.165) is 5.56 Å². The molecule has 236 valence electrons. The second-order valence-electron chi connectivity index (χ2n) is 9.36. The van der Waals surface area contributed by atoms with Crippen molar-refractivity contribution < 1.29 is 38.1 Å². The van der Waals surface area contributed by atoms with Crippen LogP contribution in [0.1, 0.15) is 31.8 Å². The average Bonchev–Trinajstić information content (AvgIpc) is 3.07. The number of ether oxygens (including phenoxy) is 5. The number of carbonyl (C=O) groups excluding carboxylic acids is 3. The summed E-state index contributed by atoms with van der Waals surface area (Å²) in [4.78, 5) is 38.1. The highest BCUT2D eigenvalue weighted by molar-refractivity contribution is 6.30. The second kappa shape index (κ2) is 15.8. The fourth-order valence-electron chi connectivity index (χ4n) is 4.11. The molecule has 46 heavy (non-hydrogen) atoms. The topological polar surface area (TPSA) is 134 Å². The highest BCUT2D eigenvalue weighted by Crippen LogP contribution is 2.38. The molecule has 0 aliphatic rings. The van der Waals surface area contributed by atoms with Gasteiger partial charge in [-0.25, -0.2) is 10.2 Å². The van der Waals surface area contributed by atoms with Gasteiger partial charge in [0, 0.05) is 27.9 Å². The molecule has 0 fully saturated rings. The van der Waals surface area contributed by atoms with E-state index >= 15 is 0 Å². The number of esters is 1. The molecule has 0 heterocycles. The lowest BCUT2D eigenvalue weighted by Gasteiger charge is -2.14. The van der Waals surface area contributed by atoms with E-state index < -0.39 is 17.8 Å². The molecule has 0 aliphatic heterocycles. The van der Waals surface area contributed by atoms with Crippen LogP contribution in [0.5, 0.6) is 28.7 Å². The van der Waals surface area contributed by atoms with Crippen LogP contribution in [-0.4, -0.2) is 52.4 Å². The Bertz CT molecular complexity index is 1760. The highest BCUT2D eigenvalue weighted by atomic mass is 35.5. The maximum absolute atomic E-state index is 13.0. The van der Waals surface area contributed by atoms with Gasteiger partial charge in [-0.05, 0) is 77.9 Å². The predicted molar refractivity (Wildman–Crippen MR) is 175 cm³/mol. The quantitative estimate of drug-likeness (QED) is 0.0630. The van der Waals surface area contributed by atoms with Crippen LogP contribution in [0.3, 0.4) is 0 Å². The molecule has 4 aromatic carbocycles. The molecule has 4 aromatic rings. The minimum atomic E-state index is -0.594. The molecule has 12 heteroatoms. The summed E-state index contributed by atoms with van der Waals surface area (Å²) in [6, 6.07) is 21.2. The van der Waals surface area contributed by atoms with Crippen molar-refractivity contribution in [3.05, 3.63) is 112 Å². The van der Waals surface area contributed by atoms with Crippen LogP contribution in [0, 0.1) is 0 Å². The van der Waals surface area contributed by atoms with Gasteiger partial charge in [-0.2, -0.15) is 5.10 Å². The Balaban J connectivity index is 1.37. The lowest BCUT2D eigenvalue weighted by molar-refractivity contribution is -0.129. The molecule has 0 spiro atoms. The Hall–Kier alpha value is -5.81. The number of halogens is 1. The Morgan fingerprint density at radius 2 is 1.37 bits per heavy atom. The summed E-state index contributed by atoms with van der Waals surface area (Å²) in [5, 5.41) is 7.36. The first-order valence-electron chi connectivity index (χ1n) is 13.6. The number of methoxy groups -OCH3 is 4. The van der Waals surface area contributed by atoms with Crippen LogP contribution in [-0.2, 0) is 4.79 Å². The lowest BCUT2D eigenvalue weighted by Crippen LogP contribution is -2.18. The van der Waals surface area contributed by atoms with Gasteiger partial charge < -0.3 is 29.0 Å². The summed E-state index contributed by atoms with van der Waals surface area (Å²) in [7, 11) is 5.82. The highest BCUT2D eigenvalue weighted by Gasteiger charge is 2.18. The molecule has 0 aromatic heterocycles. The zero-order chi connectivity index (χ0) is 33.1. The van der Waals surface area contributed by atoms with E-state index in [-0.39, 0.29) is 16.9 Å². The van der Waals surface area contributed by atoms with Gasteiger partial charge in [-0.3, -0.25) is 9.59 Å². The molecule has 0 unspecified atom stereocenters. The summed E-state index contributed by atoms with van der Waals surface area (Å²) >= 11 is 5.88. The Kier molecular flexibility index (Phi) is 11.3. The van der Waals surface area contributed by atoms with Gasteiger partial charge in [-0.15, -0.1) is 0 Å². The second-order valence-corrected chi connectivity index (χ2v) is 9.80. The number of hydrogen-bond acceptors (Lipinski definition) is 9. The number of anilines is 1. The molecule has 0 radical (unpaired) electrons. The first-order valence-corrected chi connectivity index (χ1v) is 14.0. The number of amides is 2. The van der Waals surface area contributed by atoms with Crippen molar-refractivity contribution in [2.24, 2.45) is 5.10 Å². The van der Waals surface area contributed by atoms with Crippen molar-refractivity contribution in [1.82, 2.24) is 5.43 Å². The van der Waals surface area contributed by atoms with E-state index in [0.29, 0.717) is 39.3 Å². The van der Waals surface area contributed by atoms with Crippen LogP contribution in [0.2, 0.25) is 5.02 Å². The standard InChI is InChI=1S/C34H30ClN3O8/c1-42-28-16-22(10-14-27(28)46-31(39)15-11-21-8-12-25(35)13-9-21)20-36-38-34(41)23-6-5-7-26(17-23)37-33(40)24-18-29(43-2)32(45-4)30(19-24)44-3/h5-20H,1-4H3,(H,37,40)(H,38,41)/b15-11+,36-20?. The van der Waals surface area contributed by atoms with Crippen molar-refractivity contribution in [3.63, 3.8) is 0 Å². The van der Waals surface area contributed by atoms with Gasteiger partial charge in [0.15, 0.2) is 23.0 Å². The van der Waals surface area contributed by atoms with Crippen LogP contribution in [0.15, 0.2) is 90.0 Å². The van der Waals surface area contributed by atoms with Gasteiger partial charge in [-0.1, -0.05) is 29.8 Å². The van der Waals surface area contributed by atoms with E-state index in [9.17, 15) is 14.4 Å². The molecule has 2 amide bonds. The third kappa shape index (κ3) is 8.64. The Morgan fingerprint density at radius 1 is 0.696 bits per heavy atom. The first kappa shape index (κ1) is 33.1. The SMILES string of the molecule is COc1cc(C=NNC(=O)c2cccc(NC(=O)c3cc(OC)c(OC)c(OC)c3)c2)ccc1OC(=O)/C=C/c1ccc(Cl)cc1. The van der Waals surface area contributed by atoms with E-state index in [1.54, 1.807) is 66.7 Å². The van der Waals surface area contributed by atoms with Crippen LogP contribution in [0.4, 0.5) is 5.69 Å². The van der Waals surface area contributed by atoms with Crippen molar-refractivity contribution in [2.45, 2.75) is 0 Å². The van der Waals surface area contributed by atoms with Crippen molar-refractivity contribution in [3.8, 4) is 28.7 Å². The van der Waals surface area contributed by atoms with Crippen molar-refractivity contribution in [1.29, 1.82) is 0 Å². The predicted octanol–water partition coefficient (Wildman–Crippen LogP) is 6.01. The number of hydrazone groups is 1. The minimum Gasteiger partial charge on any atom is -0.493 e. The average molecular weight is 644 g/mol. The fourth-order valence-corrected chi connectivity index (χ4v) is 4.24. The van der Waals surface area contributed by atoms with Crippen LogP contribution in [0.25, 0.3) is 6.08 Å². The molecule has 0 aliphatic carbocycles. The number of carbonyl (C=O) groups is 3. The van der Waals surface area contributed by atoms with Gasteiger partial charge >= 0.3 is 5.97 Å².